The van der Waals surface area contributed by atoms with Crippen molar-refractivity contribution in [3.8, 4) is 22.8 Å². The molecule has 1 aromatic heterocycles. The first-order chi connectivity index (χ1) is 9.15. The van der Waals surface area contributed by atoms with E-state index in [-0.39, 0.29) is 17.5 Å². The average Bonchev–Trinajstić information content (AvgIpc) is 2.80. The lowest BCUT2D eigenvalue weighted by Crippen LogP contribution is -2.15. The van der Waals surface area contributed by atoms with Crippen LogP contribution in [0.25, 0.3) is 11.3 Å². The van der Waals surface area contributed by atoms with Crippen molar-refractivity contribution in [2.75, 3.05) is 18.9 Å². The average molecular weight is 262 g/mol. The SMILES string of the molecule is Nc1nc(C(=O)O)c(-c2ccc3c(c2)OCCO3)o1. The van der Waals surface area contributed by atoms with Gasteiger partial charge in [0, 0.05) is 5.56 Å². The van der Waals surface area contributed by atoms with Crippen LogP contribution in [-0.4, -0.2) is 29.3 Å². The zero-order valence-electron chi connectivity index (χ0n) is 9.75. The number of nitrogens with two attached hydrogens (primary N) is 1. The van der Waals surface area contributed by atoms with Gasteiger partial charge in [0.2, 0.25) is 0 Å². The van der Waals surface area contributed by atoms with E-state index in [0.29, 0.717) is 30.3 Å². The van der Waals surface area contributed by atoms with Gasteiger partial charge in [0.1, 0.15) is 13.2 Å². The molecule has 7 heteroatoms. The minimum Gasteiger partial charge on any atom is -0.486 e. The Hall–Kier alpha value is -2.70. The Morgan fingerprint density at radius 3 is 2.74 bits per heavy atom. The van der Waals surface area contributed by atoms with Crippen LogP contribution in [0.5, 0.6) is 11.5 Å². The molecule has 2 aromatic rings. The maximum atomic E-state index is 11.1. The van der Waals surface area contributed by atoms with Gasteiger partial charge in [-0.3, -0.25) is 0 Å². The number of nitrogen functional groups attached to an aromatic ring is 1. The summed E-state index contributed by atoms with van der Waals surface area (Å²) in [5.41, 5.74) is 5.69. The van der Waals surface area contributed by atoms with E-state index in [9.17, 15) is 4.79 Å². The number of benzene rings is 1. The van der Waals surface area contributed by atoms with Crippen LogP contribution in [0.2, 0.25) is 0 Å². The van der Waals surface area contributed by atoms with Gasteiger partial charge in [-0.2, -0.15) is 4.98 Å². The number of aromatic carboxylic acids is 1. The van der Waals surface area contributed by atoms with Crippen LogP contribution < -0.4 is 15.2 Å². The van der Waals surface area contributed by atoms with Crippen molar-refractivity contribution in [2.45, 2.75) is 0 Å². The quantitative estimate of drug-likeness (QED) is 0.841. The number of anilines is 1. The van der Waals surface area contributed by atoms with Gasteiger partial charge in [-0.15, -0.1) is 0 Å². The van der Waals surface area contributed by atoms with Crippen LogP contribution in [0, 0.1) is 0 Å². The Kier molecular flexibility index (Phi) is 2.52. The highest BCUT2D eigenvalue weighted by Crippen LogP contribution is 2.36. The molecule has 0 bridgehead atoms. The summed E-state index contributed by atoms with van der Waals surface area (Å²) in [6, 6.07) is 4.80. The van der Waals surface area contributed by atoms with Gasteiger partial charge >= 0.3 is 5.97 Å². The predicted molar refractivity (Wildman–Crippen MR) is 64.3 cm³/mol. The number of nitrogens with zero attached hydrogens (tertiary/aromatic N) is 1. The van der Waals surface area contributed by atoms with Gasteiger partial charge in [-0.25, -0.2) is 4.79 Å². The third kappa shape index (κ3) is 1.95. The molecule has 0 fully saturated rings. The fraction of sp³-hybridized carbons (Fsp3) is 0.167. The maximum absolute atomic E-state index is 11.1. The molecule has 3 N–H and O–H groups in total. The molecule has 0 saturated carbocycles. The zero-order valence-corrected chi connectivity index (χ0v) is 9.75. The fourth-order valence-corrected chi connectivity index (χ4v) is 1.86. The fourth-order valence-electron chi connectivity index (χ4n) is 1.86. The van der Waals surface area contributed by atoms with E-state index in [4.69, 9.17) is 24.7 Å². The zero-order chi connectivity index (χ0) is 13.4. The van der Waals surface area contributed by atoms with Crippen LogP contribution >= 0.6 is 0 Å². The van der Waals surface area contributed by atoms with Crippen LogP contribution in [0.3, 0.4) is 0 Å². The van der Waals surface area contributed by atoms with Crippen molar-refractivity contribution in [2.24, 2.45) is 0 Å². The summed E-state index contributed by atoms with van der Waals surface area (Å²) in [5, 5.41) is 9.04. The number of carboxylic acids is 1. The Bertz CT molecular complexity index is 650. The Balaban J connectivity index is 2.09. The highest BCUT2D eigenvalue weighted by molar-refractivity contribution is 5.92. The molecule has 2 heterocycles. The predicted octanol–water partition coefficient (Wildman–Crippen LogP) is 1.39. The molecule has 98 valence electrons. The smallest absolute Gasteiger partial charge is 0.358 e. The molecule has 0 unspecified atom stereocenters. The highest BCUT2D eigenvalue weighted by atomic mass is 16.6. The molecule has 19 heavy (non-hydrogen) atoms. The first-order valence-corrected chi connectivity index (χ1v) is 5.55. The number of hydrogen-bond acceptors (Lipinski definition) is 6. The first kappa shape index (κ1) is 11.4. The summed E-state index contributed by atoms with van der Waals surface area (Å²) in [6.45, 7) is 0.933. The molecule has 1 aromatic carbocycles. The Morgan fingerprint density at radius 2 is 2.00 bits per heavy atom. The minimum absolute atomic E-state index is 0.0990. The van der Waals surface area contributed by atoms with Gasteiger partial charge in [-0.05, 0) is 18.2 Å². The van der Waals surface area contributed by atoms with E-state index >= 15 is 0 Å². The van der Waals surface area contributed by atoms with E-state index < -0.39 is 5.97 Å². The second-order valence-electron chi connectivity index (χ2n) is 3.89. The molecule has 0 aliphatic carbocycles. The molecular formula is C12H10N2O5. The molecule has 1 aliphatic rings. The monoisotopic (exact) mass is 262 g/mol. The normalized spacial score (nSPS) is 13.3. The molecule has 1 aliphatic heterocycles. The topological polar surface area (TPSA) is 108 Å². The third-order valence-corrected chi connectivity index (χ3v) is 2.65. The minimum atomic E-state index is -1.20. The highest BCUT2D eigenvalue weighted by Gasteiger charge is 2.22. The lowest BCUT2D eigenvalue weighted by Gasteiger charge is -2.18. The maximum Gasteiger partial charge on any atom is 0.358 e. The largest absolute Gasteiger partial charge is 0.486 e. The Labute approximate surface area is 107 Å². The van der Waals surface area contributed by atoms with Crippen LogP contribution in [0.4, 0.5) is 6.01 Å². The summed E-state index contributed by atoms with van der Waals surface area (Å²) < 4.78 is 16.0. The van der Waals surface area contributed by atoms with Crippen molar-refractivity contribution in [3.63, 3.8) is 0 Å². The van der Waals surface area contributed by atoms with Crippen molar-refractivity contribution < 1.29 is 23.8 Å². The molecule has 0 amide bonds. The Morgan fingerprint density at radius 1 is 1.26 bits per heavy atom. The number of hydrogen-bond donors (Lipinski definition) is 2. The van der Waals surface area contributed by atoms with Crippen molar-refractivity contribution in [1.29, 1.82) is 0 Å². The van der Waals surface area contributed by atoms with E-state index in [0.717, 1.165) is 0 Å². The van der Waals surface area contributed by atoms with Gasteiger partial charge < -0.3 is 24.7 Å². The molecule has 0 spiro atoms. The van der Waals surface area contributed by atoms with Gasteiger partial charge in [0.05, 0.1) is 0 Å². The van der Waals surface area contributed by atoms with Crippen LogP contribution in [0.15, 0.2) is 22.6 Å². The molecular weight excluding hydrogens is 252 g/mol. The first-order valence-electron chi connectivity index (χ1n) is 5.55. The number of ether oxygens (including phenoxy) is 2. The molecule has 7 nitrogen and oxygen atoms in total. The van der Waals surface area contributed by atoms with Gasteiger partial charge in [0.15, 0.2) is 23.0 Å². The van der Waals surface area contributed by atoms with Crippen molar-refractivity contribution >= 4 is 12.0 Å². The van der Waals surface area contributed by atoms with E-state index in [2.05, 4.69) is 4.98 Å². The van der Waals surface area contributed by atoms with E-state index in [1.807, 2.05) is 0 Å². The molecule has 3 rings (SSSR count). The van der Waals surface area contributed by atoms with E-state index in [1.54, 1.807) is 18.2 Å². The van der Waals surface area contributed by atoms with Crippen molar-refractivity contribution in [3.05, 3.63) is 23.9 Å². The summed E-state index contributed by atoms with van der Waals surface area (Å²) in [7, 11) is 0. The molecule has 0 saturated heterocycles. The number of rotatable bonds is 2. The number of aromatic nitrogens is 1. The lowest BCUT2D eigenvalue weighted by atomic mass is 10.1. The summed E-state index contributed by atoms with van der Waals surface area (Å²) in [6.07, 6.45) is 0. The van der Waals surface area contributed by atoms with Crippen molar-refractivity contribution in [1.82, 2.24) is 4.98 Å². The van der Waals surface area contributed by atoms with E-state index in [1.165, 1.54) is 0 Å². The molecule has 0 atom stereocenters. The third-order valence-electron chi connectivity index (χ3n) is 2.65. The standard InChI is InChI=1S/C12H10N2O5/c13-12-14-9(11(15)16)10(19-12)6-1-2-7-8(5-6)18-4-3-17-7/h1-2,5H,3-4H2,(H2,13,14)(H,15,16). The van der Waals surface area contributed by atoms with Crippen LogP contribution in [-0.2, 0) is 0 Å². The number of oxazole rings is 1. The number of carbonyl (C=O) groups is 1. The number of fused-ring (bicyclic) bond motifs is 1. The van der Waals surface area contributed by atoms with Gasteiger partial charge in [-0.1, -0.05) is 0 Å². The lowest BCUT2D eigenvalue weighted by molar-refractivity contribution is 0.0691. The summed E-state index contributed by atoms with van der Waals surface area (Å²) in [4.78, 5) is 14.7. The second-order valence-corrected chi connectivity index (χ2v) is 3.89. The summed E-state index contributed by atoms with van der Waals surface area (Å²) >= 11 is 0. The van der Waals surface area contributed by atoms with Crippen LogP contribution in [0.1, 0.15) is 10.5 Å². The second kappa shape index (κ2) is 4.20. The summed E-state index contributed by atoms with van der Waals surface area (Å²) in [5.74, 6) is 0.0433. The molecule has 0 radical (unpaired) electrons. The number of carboxylic acid groups (broad SMARTS) is 1. The van der Waals surface area contributed by atoms with Gasteiger partial charge in [0.25, 0.3) is 6.01 Å².